The number of aryl methyl sites for hydroxylation is 1. The van der Waals surface area contributed by atoms with E-state index in [4.69, 9.17) is 0 Å². The quantitative estimate of drug-likeness (QED) is 0.876. The number of hydrogen-bond donors (Lipinski definition) is 1. The van der Waals surface area contributed by atoms with Crippen molar-refractivity contribution in [2.45, 2.75) is 19.9 Å². The van der Waals surface area contributed by atoms with Crippen LogP contribution in [0.3, 0.4) is 0 Å². The van der Waals surface area contributed by atoms with E-state index in [1.807, 2.05) is 49.4 Å². The third-order valence-corrected chi connectivity index (χ3v) is 4.04. The zero-order valence-electron chi connectivity index (χ0n) is 15.1. The maximum atomic E-state index is 12.6. The molecule has 1 aromatic carbocycles. The van der Waals surface area contributed by atoms with Crippen LogP contribution in [-0.4, -0.2) is 48.4 Å². The van der Waals surface area contributed by atoms with Crippen LogP contribution in [0.25, 0.3) is 0 Å². The van der Waals surface area contributed by atoms with Gasteiger partial charge in [0.2, 0.25) is 11.8 Å². The molecule has 2 amide bonds. The van der Waals surface area contributed by atoms with Gasteiger partial charge in [0.15, 0.2) is 0 Å². The Balaban J connectivity index is 1.93. The molecule has 6 nitrogen and oxygen atoms in total. The van der Waals surface area contributed by atoms with Crippen molar-refractivity contribution in [1.82, 2.24) is 9.88 Å². The minimum Gasteiger partial charge on any atom is -0.314 e. The first kappa shape index (κ1) is 18.6. The van der Waals surface area contributed by atoms with Gasteiger partial charge in [0.1, 0.15) is 5.82 Å². The third-order valence-electron chi connectivity index (χ3n) is 4.04. The van der Waals surface area contributed by atoms with Crippen LogP contribution in [-0.2, 0) is 9.59 Å². The zero-order chi connectivity index (χ0) is 18.4. The molecule has 0 fully saturated rings. The van der Waals surface area contributed by atoms with Gasteiger partial charge >= 0.3 is 0 Å². The summed E-state index contributed by atoms with van der Waals surface area (Å²) in [4.78, 5) is 32.3. The first-order valence-electron chi connectivity index (χ1n) is 8.15. The summed E-state index contributed by atoms with van der Waals surface area (Å²) in [6.45, 7) is 3.76. The van der Waals surface area contributed by atoms with Gasteiger partial charge in [-0.05, 0) is 45.2 Å². The number of carbonyl (C=O) groups is 2. The Morgan fingerprint density at radius 2 is 1.76 bits per heavy atom. The molecule has 6 heteroatoms. The van der Waals surface area contributed by atoms with E-state index >= 15 is 0 Å². The number of benzene rings is 1. The lowest BCUT2D eigenvalue weighted by molar-refractivity contribution is -0.124. The van der Waals surface area contributed by atoms with Crippen LogP contribution in [0, 0.1) is 6.92 Å². The van der Waals surface area contributed by atoms with E-state index < -0.39 is 6.04 Å². The van der Waals surface area contributed by atoms with Crippen molar-refractivity contribution < 1.29 is 9.59 Å². The molecule has 25 heavy (non-hydrogen) atoms. The molecular formula is C19H24N4O2. The normalized spacial score (nSPS) is 11.9. The number of anilines is 2. The van der Waals surface area contributed by atoms with Gasteiger partial charge in [-0.2, -0.15) is 0 Å². The van der Waals surface area contributed by atoms with Crippen molar-refractivity contribution in [3.8, 4) is 0 Å². The van der Waals surface area contributed by atoms with E-state index in [0.29, 0.717) is 5.82 Å². The Morgan fingerprint density at radius 3 is 2.40 bits per heavy atom. The molecule has 0 spiro atoms. The Labute approximate surface area is 148 Å². The summed E-state index contributed by atoms with van der Waals surface area (Å²) in [6.07, 6.45) is 0. The van der Waals surface area contributed by atoms with Gasteiger partial charge in [0.05, 0.1) is 12.6 Å². The summed E-state index contributed by atoms with van der Waals surface area (Å²) in [5.41, 5.74) is 1.65. The smallest absolute Gasteiger partial charge is 0.243 e. The second kappa shape index (κ2) is 8.39. The van der Waals surface area contributed by atoms with E-state index in [2.05, 4.69) is 10.3 Å². The summed E-state index contributed by atoms with van der Waals surface area (Å²) in [7, 11) is 3.49. The molecule has 0 aliphatic carbocycles. The molecule has 1 heterocycles. The Bertz CT molecular complexity index is 733. The highest BCUT2D eigenvalue weighted by Crippen LogP contribution is 2.13. The van der Waals surface area contributed by atoms with Gasteiger partial charge in [0.25, 0.3) is 0 Å². The molecule has 2 rings (SSSR count). The lowest BCUT2D eigenvalue weighted by atomic mass is 10.2. The first-order chi connectivity index (χ1) is 11.9. The number of pyridine rings is 1. The largest absolute Gasteiger partial charge is 0.314 e. The standard InChI is InChI=1S/C19H24N4O2/c1-14-9-8-12-17(20-14)21-18(24)13-22(3)15(2)19(25)23(4)16-10-6-5-7-11-16/h5-12,15H,13H2,1-4H3,(H,20,21,24)/t15-/m1/s1. The van der Waals surface area contributed by atoms with Crippen LogP contribution < -0.4 is 10.2 Å². The van der Waals surface area contributed by atoms with Crippen molar-refractivity contribution in [1.29, 1.82) is 0 Å². The summed E-state index contributed by atoms with van der Waals surface area (Å²) < 4.78 is 0. The Morgan fingerprint density at radius 1 is 1.08 bits per heavy atom. The van der Waals surface area contributed by atoms with Crippen molar-refractivity contribution in [2.75, 3.05) is 30.9 Å². The van der Waals surface area contributed by atoms with Crippen LogP contribution in [0.5, 0.6) is 0 Å². The van der Waals surface area contributed by atoms with Crippen molar-refractivity contribution in [2.24, 2.45) is 0 Å². The SMILES string of the molecule is Cc1cccc(NC(=O)CN(C)[C@H](C)C(=O)N(C)c2ccccc2)n1. The van der Waals surface area contributed by atoms with E-state index in [-0.39, 0.29) is 18.4 Å². The fourth-order valence-electron chi connectivity index (χ4n) is 2.41. The number of nitrogens with zero attached hydrogens (tertiary/aromatic N) is 3. The number of rotatable bonds is 6. The van der Waals surface area contributed by atoms with Crippen molar-refractivity contribution in [3.63, 3.8) is 0 Å². The summed E-state index contributed by atoms with van der Waals surface area (Å²) in [5, 5.41) is 2.75. The van der Waals surface area contributed by atoms with E-state index in [1.54, 1.807) is 36.9 Å². The second-order valence-corrected chi connectivity index (χ2v) is 6.04. The van der Waals surface area contributed by atoms with Crippen LogP contribution in [0.2, 0.25) is 0 Å². The zero-order valence-corrected chi connectivity index (χ0v) is 15.1. The maximum absolute atomic E-state index is 12.6. The minimum absolute atomic E-state index is 0.0739. The second-order valence-electron chi connectivity index (χ2n) is 6.04. The predicted molar refractivity (Wildman–Crippen MR) is 99.5 cm³/mol. The average molecular weight is 340 g/mol. The molecule has 2 aromatic rings. The Kier molecular flexibility index (Phi) is 6.25. The molecule has 0 saturated heterocycles. The fourth-order valence-corrected chi connectivity index (χ4v) is 2.41. The monoisotopic (exact) mass is 340 g/mol. The Hall–Kier alpha value is -2.73. The minimum atomic E-state index is -0.429. The maximum Gasteiger partial charge on any atom is 0.243 e. The molecule has 1 atom stereocenters. The van der Waals surface area contributed by atoms with Gasteiger partial charge in [-0.25, -0.2) is 4.98 Å². The lowest BCUT2D eigenvalue weighted by Gasteiger charge is -2.27. The van der Waals surface area contributed by atoms with Gasteiger partial charge in [0, 0.05) is 18.4 Å². The molecule has 0 aliphatic rings. The highest BCUT2D eigenvalue weighted by molar-refractivity contribution is 5.97. The average Bonchev–Trinajstić information content (AvgIpc) is 2.60. The van der Waals surface area contributed by atoms with E-state index in [9.17, 15) is 9.59 Å². The third kappa shape index (κ3) is 5.12. The summed E-state index contributed by atoms with van der Waals surface area (Å²) in [5.74, 6) is 0.233. The number of nitrogens with one attached hydrogen (secondary N) is 1. The van der Waals surface area contributed by atoms with Gasteiger partial charge in [-0.1, -0.05) is 24.3 Å². The van der Waals surface area contributed by atoms with Crippen LogP contribution >= 0.6 is 0 Å². The number of para-hydroxylation sites is 1. The summed E-state index contributed by atoms with van der Waals surface area (Å²) in [6, 6.07) is 14.4. The van der Waals surface area contributed by atoms with Crippen LogP contribution in [0.15, 0.2) is 48.5 Å². The highest BCUT2D eigenvalue weighted by atomic mass is 16.2. The molecule has 132 valence electrons. The van der Waals surface area contributed by atoms with Crippen molar-refractivity contribution in [3.05, 3.63) is 54.2 Å². The van der Waals surface area contributed by atoms with Gasteiger partial charge < -0.3 is 10.2 Å². The first-order valence-corrected chi connectivity index (χ1v) is 8.15. The van der Waals surface area contributed by atoms with E-state index in [0.717, 1.165) is 11.4 Å². The summed E-state index contributed by atoms with van der Waals surface area (Å²) >= 11 is 0. The number of likely N-dealkylation sites (N-methyl/N-ethyl adjacent to an activating group) is 2. The molecule has 0 saturated carbocycles. The van der Waals surface area contributed by atoms with Gasteiger partial charge in [-0.3, -0.25) is 14.5 Å². The van der Waals surface area contributed by atoms with Gasteiger partial charge in [-0.15, -0.1) is 0 Å². The topological polar surface area (TPSA) is 65.5 Å². The molecule has 1 aromatic heterocycles. The molecule has 1 N–H and O–H groups in total. The number of amides is 2. The molecule has 0 aliphatic heterocycles. The molecule has 0 unspecified atom stereocenters. The molecule has 0 radical (unpaired) electrons. The number of carbonyl (C=O) groups excluding carboxylic acids is 2. The van der Waals surface area contributed by atoms with Crippen molar-refractivity contribution >= 4 is 23.3 Å². The molecule has 0 bridgehead atoms. The number of hydrogen-bond acceptors (Lipinski definition) is 4. The van der Waals surface area contributed by atoms with Crippen LogP contribution in [0.1, 0.15) is 12.6 Å². The molecular weight excluding hydrogens is 316 g/mol. The predicted octanol–water partition coefficient (Wildman–Crippen LogP) is 2.31. The van der Waals surface area contributed by atoms with Crippen LogP contribution in [0.4, 0.5) is 11.5 Å². The highest BCUT2D eigenvalue weighted by Gasteiger charge is 2.24. The lowest BCUT2D eigenvalue weighted by Crippen LogP contribution is -2.46. The van der Waals surface area contributed by atoms with E-state index in [1.165, 1.54) is 0 Å². The number of aromatic nitrogens is 1. The fraction of sp³-hybridized carbons (Fsp3) is 0.316.